The van der Waals surface area contributed by atoms with E-state index in [0.717, 1.165) is 24.4 Å². The SMILES string of the molecule is CNC(c1ccc2c(c1)CCCC(=O)N2)C1CCCCC1. The maximum absolute atomic E-state index is 11.6. The Kier molecular flexibility index (Phi) is 4.59. The average molecular weight is 286 g/mol. The van der Waals surface area contributed by atoms with E-state index < -0.39 is 0 Å². The molecular formula is C18H26N2O. The third kappa shape index (κ3) is 3.29. The zero-order valence-electron chi connectivity index (χ0n) is 13.0. The van der Waals surface area contributed by atoms with Gasteiger partial charge in [0, 0.05) is 18.2 Å². The van der Waals surface area contributed by atoms with Gasteiger partial charge in [-0.15, -0.1) is 0 Å². The third-order valence-electron chi connectivity index (χ3n) is 5.04. The molecule has 2 aliphatic rings. The van der Waals surface area contributed by atoms with Crippen molar-refractivity contribution < 1.29 is 4.79 Å². The summed E-state index contributed by atoms with van der Waals surface area (Å²) < 4.78 is 0. The lowest BCUT2D eigenvalue weighted by Crippen LogP contribution is -2.27. The lowest BCUT2D eigenvalue weighted by Gasteiger charge is -2.31. The highest BCUT2D eigenvalue weighted by Crippen LogP contribution is 2.35. The summed E-state index contributed by atoms with van der Waals surface area (Å²) in [5.74, 6) is 0.904. The van der Waals surface area contributed by atoms with Crippen molar-refractivity contribution in [3.8, 4) is 0 Å². The van der Waals surface area contributed by atoms with Crippen molar-refractivity contribution in [2.24, 2.45) is 5.92 Å². The zero-order chi connectivity index (χ0) is 14.7. The van der Waals surface area contributed by atoms with E-state index in [1.54, 1.807) is 0 Å². The Balaban J connectivity index is 1.84. The Labute approximate surface area is 127 Å². The van der Waals surface area contributed by atoms with Crippen LogP contribution >= 0.6 is 0 Å². The molecule has 1 aliphatic heterocycles. The number of aryl methyl sites for hydroxylation is 1. The summed E-state index contributed by atoms with van der Waals surface area (Å²) in [5.41, 5.74) is 3.70. The van der Waals surface area contributed by atoms with Crippen LogP contribution < -0.4 is 10.6 Å². The minimum Gasteiger partial charge on any atom is -0.326 e. The van der Waals surface area contributed by atoms with Gasteiger partial charge in [-0.05, 0) is 55.8 Å². The molecule has 1 amide bonds. The van der Waals surface area contributed by atoms with Gasteiger partial charge in [0.05, 0.1) is 0 Å². The molecule has 21 heavy (non-hydrogen) atoms. The predicted molar refractivity (Wildman–Crippen MR) is 86.4 cm³/mol. The molecule has 1 fully saturated rings. The van der Waals surface area contributed by atoms with Crippen molar-refractivity contribution in [3.05, 3.63) is 29.3 Å². The summed E-state index contributed by atoms with van der Waals surface area (Å²) in [7, 11) is 2.08. The Hall–Kier alpha value is -1.35. The number of fused-ring (bicyclic) bond motifs is 1. The quantitative estimate of drug-likeness (QED) is 0.887. The minimum absolute atomic E-state index is 0.152. The van der Waals surface area contributed by atoms with Crippen LogP contribution in [0.2, 0.25) is 0 Å². The summed E-state index contributed by atoms with van der Waals surface area (Å²) in [4.78, 5) is 11.6. The number of hydrogen-bond acceptors (Lipinski definition) is 2. The number of carbonyl (C=O) groups excluding carboxylic acids is 1. The molecule has 114 valence electrons. The standard InChI is InChI=1S/C18H26N2O/c1-19-18(13-6-3-2-4-7-13)15-10-11-16-14(12-15)8-5-9-17(21)20-16/h10-13,18-19H,2-9H2,1H3,(H,20,21). The second-order valence-electron chi connectivity index (χ2n) is 6.48. The maximum Gasteiger partial charge on any atom is 0.224 e. The van der Waals surface area contributed by atoms with Crippen LogP contribution in [0.5, 0.6) is 0 Å². The molecule has 0 radical (unpaired) electrons. The first kappa shape index (κ1) is 14.6. The van der Waals surface area contributed by atoms with E-state index in [4.69, 9.17) is 0 Å². The molecule has 1 heterocycles. The van der Waals surface area contributed by atoms with Gasteiger partial charge < -0.3 is 10.6 Å². The van der Waals surface area contributed by atoms with Crippen LogP contribution in [0.4, 0.5) is 5.69 Å². The fraction of sp³-hybridized carbons (Fsp3) is 0.611. The van der Waals surface area contributed by atoms with Crippen LogP contribution in [0, 0.1) is 5.92 Å². The number of benzene rings is 1. The van der Waals surface area contributed by atoms with Gasteiger partial charge in [-0.2, -0.15) is 0 Å². The molecule has 1 atom stereocenters. The molecule has 1 aliphatic carbocycles. The highest BCUT2D eigenvalue weighted by molar-refractivity contribution is 5.92. The Morgan fingerprint density at radius 3 is 2.71 bits per heavy atom. The summed E-state index contributed by atoms with van der Waals surface area (Å²) in [6, 6.07) is 7.06. The summed E-state index contributed by atoms with van der Waals surface area (Å²) in [6.45, 7) is 0. The van der Waals surface area contributed by atoms with E-state index in [9.17, 15) is 4.79 Å². The van der Waals surface area contributed by atoms with Gasteiger partial charge in [0.25, 0.3) is 0 Å². The molecule has 2 N–H and O–H groups in total. The average Bonchev–Trinajstić information content (AvgIpc) is 2.69. The lowest BCUT2D eigenvalue weighted by atomic mass is 9.80. The summed E-state index contributed by atoms with van der Waals surface area (Å²) in [5, 5.41) is 6.56. The molecule has 1 aromatic rings. The maximum atomic E-state index is 11.6. The van der Waals surface area contributed by atoms with Crippen molar-refractivity contribution in [3.63, 3.8) is 0 Å². The molecule has 1 aromatic carbocycles. The highest BCUT2D eigenvalue weighted by Gasteiger charge is 2.24. The molecule has 0 spiro atoms. The van der Waals surface area contributed by atoms with E-state index in [-0.39, 0.29) is 5.91 Å². The fourth-order valence-corrected chi connectivity index (χ4v) is 3.93. The number of nitrogens with one attached hydrogen (secondary N) is 2. The van der Waals surface area contributed by atoms with Gasteiger partial charge in [0.1, 0.15) is 0 Å². The van der Waals surface area contributed by atoms with Crippen LogP contribution in [-0.4, -0.2) is 13.0 Å². The number of amides is 1. The second kappa shape index (κ2) is 6.61. The molecular weight excluding hydrogens is 260 g/mol. The van der Waals surface area contributed by atoms with Gasteiger partial charge in [0.2, 0.25) is 5.91 Å². The molecule has 3 rings (SSSR count). The van der Waals surface area contributed by atoms with E-state index >= 15 is 0 Å². The topological polar surface area (TPSA) is 41.1 Å². The summed E-state index contributed by atoms with van der Waals surface area (Å²) in [6.07, 6.45) is 9.39. The largest absolute Gasteiger partial charge is 0.326 e. The molecule has 0 bridgehead atoms. The van der Waals surface area contributed by atoms with Gasteiger partial charge in [-0.3, -0.25) is 4.79 Å². The van der Waals surface area contributed by atoms with E-state index in [0.29, 0.717) is 12.5 Å². The summed E-state index contributed by atoms with van der Waals surface area (Å²) >= 11 is 0. The third-order valence-corrected chi connectivity index (χ3v) is 5.04. The first-order valence-electron chi connectivity index (χ1n) is 8.38. The number of rotatable bonds is 3. The van der Waals surface area contributed by atoms with Gasteiger partial charge in [-0.25, -0.2) is 0 Å². The molecule has 1 unspecified atom stereocenters. The van der Waals surface area contributed by atoms with Gasteiger partial charge >= 0.3 is 0 Å². The first-order chi connectivity index (χ1) is 10.3. The Morgan fingerprint density at radius 2 is 1.95 bits per heavy atom. The molecule has 3 nitrogen and oxygen atoms in total. The monoisotopic (exact) mass is 286 g/mol. The van der Waals surface area contributed by atoms with Crippen molar-refractivity contribution in [2.45, 2.75) is 57.4 Å². The van der Waals surface area contributed by atoms with E-state index in [2.05, 4.69) is 35.9 Å². The Bertz CT molecular complexity index is 506. The van der Waals surface area contributed by atoms with Crippen molar-refractivity contribution in [1.82, 2.24) is 5.32 Å². The van der Waals surface area contributed by atoms with Crippen molar-refractivity contribution >= 4 is 11.6 Å². The van der Waals surface area contributed by atoms with E-state index in [1.165, 1.54) is 43.2 Å². The lowest BCUT2D eigenvalue weighted by molar-refractivity contribution is -0.116. The van der Waals surface area contributed by atoms with Gasteiger partial charge in [-0.1, -0.05) is 31.4 Å². The molecule has 0 aromatic heterocycles. The first-order valence-corrected chi connectivity index (χ1v) is 8.38. The second-order valence-corrected chi connectivity index (χ2v) is 6.48. The molecule has 1 saturated carbocycles. The van der Waals surface area contributed by atoms with Crippen LogP contribution in [-0.2, 0) is 11.2 Å². The van der Waals surface area contributed by atoms with Gasteiger partial charge in [0.15, 0.2) is 0 Å². The minimum atomic E-state index is 0.152. The Morgan fingerprint density at radius 1 is 1.14 bits per heavy atom. The smallest absolute Gasteiger partial charge is 0.224 e. The number of hydrogen-bond donors (Lipinski definition) is 2. The van der Waals surface area contributed by atoms with Crippen molar-refractivity contribution in [2.75, 3.05) is 12.4 Å². The fourth-order valence-electron chi connectivity index (χ4n) is 3.93. The zero-order valence-corrected chi connectivity index (χ0v) is 13.0. The normalized spacial score (nSPS) is 21.3. The number of anilines is 1. The van der Waals surface area contributed by atoms with E-state index in [1.807, 2.05) is 0 Å². The molecule has 3 heteroatoms. The van der Waals surface area contributed by atoms with Crippen LogP contribution in [0.15, 0.2) is 18.2 Å². The highest BCUT2D eigenvalue weighted by atomic mass is 16.1. The van der Waals surface area contributed by atoms with Crippen molar-refractivity contribution in [1.29, 1.82) is 0 Å². The van der Waals surface area contributed by atoms with Crippen LogP contribution in [0.1, 0.15) is 62.1 Å². The van der Waals surface area contributed by atoms with Crippen LogP contribution in [0.25, 0.3) is 0 Å². The van der Waals surface area contributed by atoms with Crippen LogP contribution in [0.3, 0.4) is 0 Å². The molecule has 0 saturated heterocycles. The number of carbonyl (C=O) groups is 1. The predicted octanol–water partition coefficient (Wildman–Crippen LogP) is 3.80.